The minimum absolute atomic E-state index is 0.816. The molecule has 0 saturated heterocycles. The lowest BCUT2D eigenvalue weighted by atomic mass is 10.1. The third-order valence-electron chi connectivity index (χ3n) is 4.19. The van der Waals surface area contributed by atoms with Gasteiger partial charge >= 0.3 is 0 Å². The van der Waals surface area contributed by atoms with Crippen LogP contribution in [0.5, 0.6) is 0 Å². The second-order valence-corrected chi connectivity index (χ2v) is 6.39. The Bertz CT molecular complexity index is 657. The molecular weight excluding hydrogens is 310 g/mol. The minimum Gasteiger partial charge on any atom is -0.357 e. The number of nitrogens with zero attached hydrogens (tertiary/aromatic N) is 4. The molecule has 5 nitrogen and oxygen atoms in total. The van der Waals surface area contributed by atoms with E-state index in [2.05, 4.69) is 66.7 Å². The Morgan fingerprint density at radius 3 is 2.48 bits per heavy atom. The second kappa shape index (κ2) is 9.87. The molecule has 0 atom stereocenters. The minimum atomic E-state index is 0.816. The van der Waals surface area contributed by atoms with E-state index in [-0.39, 0.29) is 0 Å². The molecule has 0 saturated carbocycles. The van der Waals surface area contributed by atoms with Crippen molar-refractivity contribution in [2.45, 2.75) is 39.7 Å². The van der Waals surface area contributed by atoms with E-state index in [1.54, 1.807) is 0 Å². The van der Waals surface area contributed by atoms with Crippen molar-refractivity contribution >= 4 is 5.96 Å². The molecule has 25 heavy (non-hydrogen) atoms. The SMILES string of the molecule is CCNC(=NCCCc1cnn(C)c1)N(C)Cc1ccc(CC)cc1. The average Bonchev–Trinajstić information content (AvgIpc) is 3.03. The van der Waals surface area contributed by atoms with E-state index in [4.69, 9.17) is 4.99 Å². The van der Waals surface area contributed by atoms with E-state index in [0.29, 0.717) is 0 Å². The second-order valence-electron chi connectivity index (χ2n) is 6.39. The molecule has 1 N–H and O–H groups in total. The van der Waals surface area contributed by atoms with Crippen LogP contribution in [0.25, 0.3) is 0 Å². The lowest BCUT2D eigenvalue weighted by molar-refractivity contribution is 0.476. The Morgan fingerprint density at radius 2 is 1.88 bits per heavy atom. The molecule has 2 aromatic rings. The van der Waals surface area contributed by atoms with Gasteiger partial charge in [0.25, 0.3) is 0 Å². The van der Waals surface area contributed by atoms with Gasteiger partial charge in [0.2, 0.25) is 0 Å². The molecule has 0 aliphatic rings. The Kier molecular flexibility index (Phi) is 7.51. The van der Waals surface area contributed by atoms with Crippen molar-refractivity contribution in [1.82, 2.24) is 20.0 Å². The predicted molar refractivity (Wildman–Crippen MR) is 105 cm³/mol. The third-order valence-corrected chi connectivity index (χ3v) is 4.19. The van der Waals surface area contributed by atoms with E-state index in [9.17, 15) is 0 Å². The standard InChI is InChI=1S/C20H31N5/c1-5-17-9-11-18(12-10-17)15-24(3)20(21-6-2)22-13-7-8-19-14-23-25(4)16-19/h9-12,14,16H,5-8,13,15H2,1-4H3,(H,21,22). The molecular formula is C20H31N5. The summed E-state index contributed by atoms with van der Waals surface area (Å²) in [6, 6.07) is 8.84. The first-order chi connectivity index (χ1) is 12.1. The van der Waals surface area contributed by atoms with Gasteiger partial charge < -0.3 is 10.2 Å². The normalized spacial score (nSPS) is 11.6. The molecule has 1 aromatic carbocycles. The van der Waals surface area contributed by atoms with Crippen LogP contribution in [0.1, 0.15) is 37.0 Å². The molecule has 0 unspecified atom stereocenters. The van der Waals surface area contributed by atoms with Crippen LogP contribution in [0.2, 0.25) is 0 Å². The number of hydrogen-bond acceptors (Lipinski definition) is 2. The quantitative estimate of drug-likeness (QED) is 0.456. The third kappa shape index (κ3) is 6.25. The van der Waals surface area contributed by atoms with Gasteiger partial charge in [-0.05, 0) is 42.9 Å². The zero-order valence-corrected chi connectivity index (χ0v) is 16.0. The first-order valence-corrected chi connectivity index (χ1v) is 9.17. The summed E-state index contributed by atoms with van der Waals surface area (Å²) in [5.74, 6) is 0.966. The zero-order chi connectivity index (χ0) is 18.1. The molecule has 0 amide bonds. The summed E-state index contributed by atoms with van der Waals surface area (Å²) in [7, 11) is 4.04. The summed E-state index contributed by atoms with van der Waals surface area (Å²) in [6.07, 6.45) is 7.12. The van der Waals surface area contributed by atoms with E-state index >= 15 is 0 Å². The number of benzene rings is 1. The Morgan fingerprint density at radius 1 is 1.16 bits per heavy atom. The van der Waals surface area contributed by atoms with Crippen LogP contribution in [0, 0.1) is 0 Å². The van der Waals surface area contributed by atoms with Crippen LogP contribution in [0.3, 0.4) is 0 Å². The highest BCUT2D eigenvalue weighted by molar-refractivity contribution is 5.79. The van der Waals surface area contributed by atoms with Crippen LogP contribution < -0.4 is 5.32 Å². The fourth-order valence-electron chi connectivity index (χ4n) is 2.77. The smallest absolute Gasteiger partial charge is 0.193 e. The fraction of sp³-hybridized carbons (Fsp3) is 0.500. The molecule has 5 heteroatoms. The van der Waals surface area contributed by atoms with Crippen molar-refractivity contribution in [1.29, 1.82) is 0 Å². The van der Waals surface area contributed by atoms with Gasteiger partial charge in [-0.25, -0.2) is 0 Å². The maximum Gasteiger partial charge on any atom is 0.193 e. The van der Waals surface area contributed by atoms with Gasteiger partial charge in [-0.15, -0.1) is 0 Å². The van der Waals surface area contributed by atoms with Crippen molar-refractivity contribution in [2.75, 3.05) is 20.1 Å². The molecule has 0 spiro atoms. The molecule has 0 fully saturated rings. The first kappa shape index (κ1) is 19.0. The van der Waals surface area contributed by atoms with E-state index in [1.165, 1.54) is 16.7 Å². The van der Waals surface area contributed by atoms with Crippen molar-refractivity contribution in [3.8, 4) is 0 Å². The maximum absolute atomic E-state index is 4.77. The first-order valence-electron chi connectivity index (χ1n) is 9.17. The largest absolute Gasteiger partial charge is 0.357 e. The topological polar surface area (TPSA) is 45.5 Å². The van der Waals surface area contributed by atoms with Crippen molar-refractivity contribution in [2.24, 2.45) is 12.0 Å². The average molecular weight is 342 g/mol. The Hall–Kier alpha value is -2.30. The number of nitrogens with one attached hydrogen (secondary N) is 1. The van der Waals surface area contributed by atoms with Gasteiger partial charge in [0.15, 0.2) is 5.96 Å². The van der Waals surface area contributed by atoms with Crippen molar-refractivity contribution in [3.05, 3.63) is 53.3 Å². The highest BCUT2D eigenvalue weighted by atomic mass is 15.3. The Balaban J connectivity index is 1.87. The molecule has 0 aliphatic carbocycles. The van der Waals surface area contributed by atoms with E-state index in [0.717, 1.165) is 44.9 Å². The molecule has 1 aromatic heterocycles. The highest BCUT2D eigenvalue weighted by Crippen LogP contribution is 2.08. The summed E-state index contributed by atoms with van der Waals surface area (Å²) in [4.78, 5) is 6.96. The van der Waals surface area contributed by atoms with Gasteiger partial charge in [-0.2, -0.15) is 5.10 Å². The summed E-state index contributed by atoms with van der Waals surface area (Å²) < 4.78 is 1.85. The van der Waals surface area contributed by atoms with Crippen LogP contribution in [0.15, 0.2) is 41.7 Å². The number of aryl methyl sites for hydroxylation is 3. The maximum atomic E-state index is 4.77. The van der Waals surface area contributed by atoms with Crippen LogP contribution >= 0.6 is 0 Å². The number of guanidine groups is 1. The number of hydrogen-bond donors (Lipinski definition) is 1. The number of rotatable bonds is 8. The van der Waals surface area contributed by atoms with Crippen molar-refractivity contribution < 1.29 is 0 Å². The van der Waals surface area contributed by atoms with Gasteiger partial charge in [0.05, 0.1) is 6.20 Å². The number of aliphatic imine (C=N–C) groups is 1. The molecule has 0 bridgehead atoms. The summed E-state index contributed by atoms with van der Waals surface area (Å²) in [6.45, 7) is 6.84. The van der Waals surface area contributed by atoms with Crippen molar-refractivity contribution in [3.63, 3.8) is 0 Å². The fourth-order valence-corrected chi connectivity index (χ4v) is 2.77. The van der Waals surface area contributed by atoms with Gasteiger partial charge in [-0.3, -0.25) is 9.67 Å². The summed E-state index contributed by atoms with van der Waals surface area (Å²) >= 11 is 0. The summed E-state index contributed by atoms with van der Waals surface area (Å²) in [5.41, 5.74) is 3.95. The van der Waals surface area contributed by atoms with Gasteiger partial charge in [0, 0.05) is 39.9 Å². The van der Waals surface area contributed by atoms with E-state index in [1.807, 2.05) is 17.9 Å². The highest BCUT2D eigenvalue weighted by Gasteiger charge is 2.06. The lowest BCUT2D eigenvalue weighted by Crippen LogP contribution is -2.38. The monoisotopic (exact) mass is 341 g/mol. The predicted octanol–water partition coefficient (Wildman–Crippen LogP) is 3.01. The number of aromatic nitrogens is 2. The molecule has 136 valence electrons. The van der Waals surface area contributed by atoms with Crippen LogP contribution in [-0.2, 0) is 26.4 Å². The molecule has 0 aliphatic heterocycles. The molecule has 1 heterocycles. The lowest BCUT2D eigenvalue weighted by Gasteiger charge is -2.22. The van der Waals surface area contributed by atoms with E-state index < -0.39 is 0 Å². The molecule has 0 radical (unpaired) electrons. The zero-order valence-electron chi connectivity index (χ0n) is 16.0. The molecule has 2 rings (SSSR count). The Labute approximate surface area is 151 Å². The van der Waals surface area contributed by atoms with Gasteiger partial charge in [-0.1, -0.05) is 31.2 Å². The van der Waals surface area contributed by atoms with Crippen LogP contribution in [-0.4, -0.2) is 40.8 Å². The van der Waals surface area contributed by atoms with Crippen LogP contribution in [0.4, 0.5) is 0 Å². The summed E-state index contributed by atoms with van der Waals surface area (Å²) in [5, 5.41) is 7.59. The van der Waals surface area contributed by atoms with Gasteiger partial charge in [0.1, 0.15) is 0 Å².